The van der Waals surface area contributed by atoms with E-state index >= 15 is 0 Å². The Morgan fingerprint density at radius 2 is 1.87 bits per heavy atom. The lowest BCUT2D eigenvalue weighted by molar-refractivity contribution is -0.127. The number of imide groups is 1. The molecule has 6 nitrogen and oxygen atoms in total. The summed E-state index contributed by atoms with van der Waals surface area (Å²) in [6.45, 7) is 0.401. The zero-order valence-corrected chi connectivity index (χ0v) is 18.2. The van der Waals surface area contributed by atoms with Gasteiger partial charge >= 0.3 is 0 Å². The second-order valence-electron chi connectivity index (χ2n) is 6.87. The Morgan fingerprint density at radius 3 is 2.63 bits per heavy atom. The molecule has 1 saturated heterocycles. The summed E-state index contributed by atoms with van der Waals surface area (Å²) >= 11 is 13.3. The van der Waals surface area contributed by atoms with E-state index in [4.69, 9.17) is 23.2 Å². The van der Waals surface area contributed by atoms with Crippen molar-refractivity contribution in [3.63, 3.8) is 0 Å². The van der Waals surface area contributed by atoms with Crippen molar-refractivity contribution < 1.29 is 9.59 Å². The monoisotopic (exact) mass is 460 g/mol. The minimum Gasteiger partial charge on any atom is -0.278 e. The molecular weight excluding hydrogens is 443 g/mol. The van der Waals surface area contributed by atoms with Crippen LogP contribution in [0.1, 0.15) is 29.6 Å². The molecular formula is C21H18Cl2N4O2S. The van der Waals surface area contributed by atoms with Crippen molar-refractivity contribution in [3.05, 3.63) is 70.5 Å². The van der Waals surface area contributed by atoms with E-state index in [0.29, 0.717) is 33.7 Å². The third-order valence-corrected chi connectivity index (χ3v) is 6.52. The zero-order valence-electron chi connectivity index (χ0n) is 15.9. The van der Waals surface area contributed by atoms with Gasteiger partial charge in [-0.2, -0.15) is 0 Å². The van der Waals surface area contributed by atoms with Crippen LogP contribution in [-0.2, 0) is 4.79 Å². The number of hydrogen-bond donors (Lipinski definition) is 0. The third-order valence-electron chi connectivity index (χ3n) is 4.83. The van der Waals surface area contributed by atoms with E-state index in [1.807, 2.05) is 12.1 Å². The van der Waals surface area contributed by atoms with Gasteiger partial charge in [0, 0.05) is 22.2 Å². The van der Waals surface area contributed by atoms with Crippen LogP contribution in [-0.4, -0.2) is 43.3 Å². The minimum atomic E-state index is -0.425. The molecule has 0 saturated carbocycles. The van der Waals surface area contributed by atoms with E-state index in [-0.39, 0.29) is 11.8 Å². The molecule has 30 heavy (non-hydrogen) atoms. The number of rotatable bonds is 4. The quantitative estimate of drug-likeness (QED) is 0.518. The summed E-state index contributed by atoms with van der Waals surface area (Å²) in [5, 5.41) is 9.48. The fourth-order valence-corrected chi connectivity index (χ4v) is 4.74. The van der Waals surface area contributed by atoms with Gasteiger partial charge in [0.2, 0.25) is 5.91 Å². The van der Waals surface area contributed by atoms with Crippen LogP contribution in [0.15, 0.2) is 60.0 Å². The van der Waals surface area contributed by atoms with E-state index < -0.39 is 5.25 Å². The maximum absolute atomic E-state index is 13.2. The molecule has 2 amide bonds. The second kappa shape index (κ2) is 9.20. The van der Waals surface area contributed by atoms with Crippen LogP contribution in [0.3, 0.4) is 0 Å². The third kappa shape index (κ3) is 4.53. The van der Waals surface area contributed by atoms with Crippen LogP contribution in [0.4, 0.5) is 0 Å². The molecule has 9 heteroatoms. The lowest BCUT2D eigenvalue weighted by atomic mass is 10.2. The van der Waals surface area contributed by atoms with E-state index in [2.05, 4.69) is 10.2 Å². The molecule has 1 atom stereocenters. The van der Waals surface area contributed by atoms with Gasteiger partial charge < -0.3 is 0 Å². The molecule has 0 aliphatic carbocycles. The number of aromatic nitrogens is 3. The highest BCUT2D eigenvalue weighted by Crippen LogP contribution is 2.31. The number of benzene rings is 2. The Hall–Kier alpha value is -2.35. The highest BCUT2D eigenvalue weighted by Gasteiger charge is 2.33. The minimum absolute atomic E-state index is 0.210. The maximum atomic E-state index is 13.2. The first-order chi connectivity index (χ1) is 14.5. The number of nitrogens with zero attached hydrogens (tertiary/aromatic N) is 4. The predicted octanol–water partition coefficient (Wildman–Crippen LogP) is 4.89. The summed E-state index contributed by atoms with van der Waals surface area (Å²) in [7, 11) is 0. The highest BCUT2D eigenvalue weighted by molar-refractivity contribution is 8.00. The lowest BCUT2D eigenvalue weighted by Crippen LogP contribution is -2.41. The maximum Gasteiger partial charge on any atom is 0.260 e. The Morgan fingerprint density at radius 1 is 1.07 bits per heavy atom. The summed E-state index contributed by atoms with van der Waals surface area (Å²) < 4.78 is 1.79. The molecule has 0 bridgehead atoms. The summed E-state index contributed by atoms with van der Waals surface area (Å²) in [4.78, 5) is 27.5. The van der Waals surface area contributed by atoms with E-state index in [0.717, 1.165) is 18.5 Å². The van der Waals surface area contributed by atoms with Crippen molar-refractivity contribution >= 4 is 46.8 Å². The lowest BCUT2D eigenvalue weighted by Gasteiger charge is -2.22. The molecule has 0 spiro atoms. The molecule has 4 rings (SSSR count). The first-order valence-corrected chi connectivity index (χ1v) is 11.1. The van der Waals surface area contributed by atoms with Crippen molar-refractivity contribution in [3.8, 4) is 5.69 Å². The van der Waals surface area contributed by atoms with Gasteiger partial charge in [0.05, 0.1) is 10.9 Å². The van der Waals surface area contributed by atoms with Gasteiger partial charge in [0.15, 0.2) is 5.16 Å². The summed E-state index contributed by atoms with van der Waals surface area (Å²) in [5.41, 5.74) is 1.26. The van der Waals surface area contributed by atoms with Crippen LogP contribution in [0.25, 0.3) is 5.69 Å². The molecule has 1 unspecified atom stereocenters. The van der Waals surface area contributed by atoms with Crippen LogP contribution in [0.2, 0.25) is 10.0 Å². The fraction of sp³-hybridized carbons (Fsp3) is 0.238. The van der Waals surface area contributed by atoms with Gasteiger partial charge in [-0.3, -0.25) is 19.1 Å². The molecule has 2 heterocycles. The molecule has 1 aromatic heterocycles. The Labute approximate surface area is 188 Å². The topological polar surface area (TPSA) is 68.1 Å². The van der Waals surface area contributed by atoms with Crippen molar-refractivity contribution in [2.24, 2.45) is 0 Å². The Balaban J connectivity index is 1.56. The number of thioether (sulfide) groups is 1. The first kappa shape index (κ1) is 20.9. The van der Waals surface area contributed by atoms with Crippen LogP contribution in [0, 0.1) is 0 Å². The first-order valence-electron chi connectivity index (χ1n) is 9.47. The smallest absolute Gasteiger partial charge is 0.260 e. The Bertz CT molecular complexity index is 1070. The second-order valence-corrected chi connectivity index (χ2v) is 8.91. The number of carbonyl (C=O) groups excluding carboxylic acids is 2. The van der Waals surface area contributed by atoms with Gasteiger partial charge in [-0.25, -0.2) is 0 Å². The SMILES string of the molecule is O=C(c1ccc(Cl)cc1)N1CCCCC(Sc2nncn2-c2cccc(Cl)c2)C1=O. The van der Waals surface area contributed by atoms with Gasteiger partial charge in [-0.15, -0.1) is 10.2 Å². The normalized spacial score (nSPS) is 17.1. The standard InChI is InChI=1S/C21H18Cl2N4O2S/c22-15-9-7-14(8-10-15)19(28)26-11-2-1-6-18(20(26)29)30-21-25-24-13-27(21)17-5-3-4-16(23)12-17/h3-5,7-10,12-13,18H,1-2,6,11H2. The summed E-state index contributed by atoms with van der Waals surface area (Å²) in [6.07, 6.45) is 3.87. The number of halogens is 2. The predicted molar refractivity (Wildman–Crippen MR) is 117 cm³/mol. The fourth-order valence-electron chi connectivity index (χ4n) is 3.30. The molecule has 1 aliphatic heterocycles. The van der Waals surface area contributed by atoms with Crippen molar-refractivity contribution in [2.75, 3.05) is 6.54 Å². The molecule has 154 valence electrons. The summed E-state index contributed by atoms with van der Waals surface area (Å²) in [6, 6.07) is 13.9. The number of likely N-dealkylation sites (tertiary alicyclic amines) is 1. The molecule has 0 radical (unpaired) electrons. The highest BCUT2D eigenvalue weighted by atomic mass is 35.5. The molecule has 0 N–H and O–H groups in total. The molecule has 2 aromatic carbocycles. The van der Waals surface area contributed by atoms with Crippen molar-refractivity contribution in [1.29, 1.82) is 0 Å². The molecule has 1 aliphatic rings. The summed E-state index contributed by atoms with van der Waals surface area (Å²) in [5.74, 6) is -0.515. The number of carbonyl (C=O) groups is 2. The molecule has 1 fully saturated rings. The van der Waals surface area contributed by atoms with Crippen LogP contribution in [0.5, 0.6) is 0 Å². The van der Waals surface area contributed by atoms with E-state index in [1.165, 1.54) is 16.7 Å². The average Bonchev–Trinajstić information content (AvgIpc) is 3.13. The Kier molecular flexibility index (Phi) is 6.41. The van der Waals surface area contributed by atoms with Gasteiger partial charge in [-0.05, 0) is 55.3 Å². The van der Waals surface area contributed by atoms with Crippen molar-refractivity contribution in [2.45, 2.75) is 29.7 Å². The van der Waals surface area contributed by atoms with Crippen molar-refractivity contribution in [1.82, 2.24) is 19.7 Å². The van der Waals surface area contributed by atoms with Gasteiger partial charge in [0.1, 0.15) is 6.33 Å². The van der Waals surface area contributed by atoms with E-state index in [1.54, 1.807) is 47.3 Å². The van der Waals surface area contributed by atoms with Crippen LogP contribution < -0.4 is 0 Å². The average molecular weight is 461 g/mol. The molecule has 3 aromatic rings. The largest absolute Gasteiger partial charge is 0.278 e. The van der Waals surface area contributed by atoms with Gasteiger partial charge in [0.25, 0.3) is 5.91 Å². The number of amides is 2. The number of hydrogen-bond acceptors (Lipinski definition) is 5. The van der Waals surface area contributed by atoms with E-state index in [9.17, 15) is 9.59 Å². The van der Waals surface area contributed by atoms with Crippen LogP contribution >= 0.6 is 35.0 Å². The van der Waals surface area contributed by atoms with Gasteiger partial charge in [-0.1, -0.05) is 47.5 Å². The zero-order chi connectivity index (χ0) is 21.1.